The Morgan fingerprint density at radius 2 is 1.49 bits per heavy atom. The van der Waals surface area contributed by atoms with Crippen molar-refractivity contribution in [2.45, 2.75) is 114 Å². The van der Waals surface area contributed by atoms with E-state index in [1.807, 2.05) is 45.0 Å². The summed E-state index contributed by atoms with van der Waals surface area (Å²) in [6, 6.07) is 18.7. The van der Waals surface area contributed by atoms with E-state index in [9.17, 15) is 55.5 Å². The zero-order valence-electron chi connectivity index (χ0n) is 45.2. The summed E-state index contributed by atoms with van der Waals surface area (Å²) in [6.45, 7) is 10.2. The highest BCUT2D eigenvalue weighted by molar-refractivity contribution is 6.02. The third-order valence-electron chi connectivity index (χ3n) is 15.6. The number of morpholine rings is 1. The van der Waals surface area contributed by atoms with E-state index in [1.54, 1.807) is 48.0 Å². The average Bonchev–Trinajstić information content (AvgIpc) is 4.10. The van der Waals surface area contributed by atoms with E-state index in [1.165, 1.54) is 16.7 Å². The lowest BCUT2D eigenvalue weighted by Gasteiger charge is -2.40. The molecule has 3 unspecified atom stereocenters. The molecule has 0 saturated carbocycles. The Hall–Kier alpha value is -7.24. The Morgan fingerprint density at radius 3 is 2.18 bits per heavy atom. The second kappa shape index (κ2) is 23.2. The number of aromatic hydroxyl groups is 2. The van der Waals surface area contributed by atoms with Gasteiger partial charge in [-0.2, -0.15) is 5.10 Å². The predicted octanol–water partition coefficient (Wildman–Crippen LogP) is 2.13. The first kappa shape index (κ1) is 56.6. The number of benzene rings is 4. The van der Waals surface area contributed by atoms with E-state index in [-0.39, 0.29) is 70.7 Å². The number of ether oxygens (including phenoxy) is 6. The summed E-state index contributed by atoms with van der Waals surface area (Å²) in [5.41, 5.74) is 4.44. The third kappa shape index (κ3) is 10.5. The molecule has 4 bridgehead atoms. The molecule has 11 atom stereocenters. The molecule has 7 heterocycles. The van der Waals surface area contributed by atoms with Crippen molar-refractivity contribution >= 4 is 16.8 Å². The Kier molecular flexibility index (Phi) is 16.0. The van der Waals surface area contributed by atoms with Gasteiger partial charge in [0.1, 0.15) is 78.6 Å². The summed E-state index contributed by atoms with van der Waals surface area (Å²) < 4.78 is 44.9. The number of hydrogen-bond acceptors (Lipinski definition) is 21. The second-order valence-corrected chi connectivity index (χ2v) is 21.3. The van der Waals surface area contributed by atoms with Crippen molar-refractivity contribution in [3.05, 3.63) is 111 Å². The summed E-state index contributed by atoms with van der Waals surface area (Å²) in [6.07, 6.45) is -14.3. The van der Waals surface area contributed by atoms with E-state index in [0.29, 0.717) is 70.7 Å². The first-order chi connectivity index (χ1) is 39.4. The summed E-state index contributed by atoms with van der Waals surface area (Å²) >= 11 is 0. The maximum atomic E-state index is 13.4. The molecule has 11 N–H and O–H groups in total. The van der Waals surface area contributed by atoms with Crippen LogP contribution in [0.2, 0.25) is 0 Å². The van der Waals surface area contributed by atoms with Crippen LogP contribution in [0.15, 0.2) is 82.2 Å². The molecular formula is C57H65N7O18. The van der Waals surface area contributed by atoms with Crippen molar-refractivity contribution in [1.29, 1.82) is 0 Å². The number of aliphatic hydroxyl groups is 7. The quantitative estimate of drug-likeness (QED) is 0.0660. The maximum Gasteiger partial charge on any atom is 0.348 e. The number of phenolic OH excluding ortho intramolecular Hbond substituents is 2. The molecule has 82 heavy (non-hydrogen) atoms. The average molecular weight is 1140 g/mol. The minimum Gasteiger partial charge on any atom is -0.507 e. The minimum absolute atomic E-state index is 0.00296. The van der Waals surface area contributed by atoms with Crippen molar-refractivity contribution in [1.82, 2.24) is 34.7 Å². The molecule has 3 aromatic heterocycles. The largest absolute Gasteiger partial charge is 0.507 e. The molecule has 0 radical (unpaired) electrons. The number of aromatic amines is 1. The molecule has 4 aromatic carbocycles. The molecule has 25 heteroatoms. The number of carbonyl (C=O) groups excluding carboxylic acids is 1. The number of H-pyrrole nitrogens is 1. The maximum absolute atomic E-state index is 13.4. The molecule has 25 nitrogen and oxygen atoms in total. The van der Waals surface area contributed by atoms with Crippen LogP contribution in [0.3, 0.4) is 0 Å². The highest BCUT2D eigenvalue weighted by Crippen LogP contribution is 2.46. The Labute approximate surface area is 468 Å². The van der Waals surface area contributed by atoms with E-state index < -0.39 is 85.5 Å². The standard InChI is InChI=1S/C57H65N7O18/c1-5-58-54(74)45-44(29-8-6-28(7-9-29)21-62-12-14-76-15-13-62)52(82-61-45)34-17-31(26(2)3)40(19-38(34)66)78-56-51(73)49(71)47(69)43(81-56)24-77-25-63-22-36-27(4)32-18-35(53-59-60-57(75)64(53)30-10-11-37(63)33(36)16-30)39(67)20-41(32)79-55-50(72)48(70)46(68)42(23-65)80-55/h6-11,16-20,22,26-27,42-43,46-51,55-56,65-73H,5,12-15,21,23-25H2,1-4H3,(H,58,74)(H,60,75)/t27?,42?,43?,46-,47-,48-,49-,50+,51+,55+,56+/m0/s1. The molecule has 3 saturated heterocycles. The fourth-order valence-corrected chi connectivity index (χ4v) is 11.1. The lowest BCUT2D eigenvalue weighted by atomic mass is 9.89. The molecule has 0 spiro atoms. The predicted molar refractivity (Wildman–Crippen MR) is 289 cm³/mol. The lowest BCUT2D eigenvalue weighted by molar-refractivity contribution is -0.281. The molecule has 436 valence electrons. The Bertz CT molecular complexity index is 3520. The fourth-order valence-electron chi connectivity index (χ4n) is 11.1. The van der Waals surface area contributed by atoms with E-state index in [0.717, 1.165) is 18.7 Å². The number of hydrogen-bond donors (Lipinski definition) is 11. The topological polar surface area (TPSA) is 351 Å². The van der Waals surface area contributed by atoms with Gasteiger partial charge < -0.3 is 88.8 Å². The third-order valence-corrected chi connectivity index (χ3v) is 15.6. The molecule has 4 aliphatic rings. The highest BCUT2D eigenvalue weighted by atomic mass is 16.7. The van der Waals surface area contributed by atoms with Gasteiger partial charge in [-0.25, -0.2) is 14.5 Å². The van der Waals surface area contributed by atoms with Crippen molar-refractivity contribution in [3.8, 4) is 62.5 Å². The van der Waals surface area contributed by atoms with Crippen molar-refractivity contribution < 1.29 is 83.7 Å². The van der Waals surface area contributed by atoms with Gasteiger partial charge in [-0.1, -0.05) is 50.2 Å². The van der Waals surface area contributed by atoms with Gasteiger partial charge in [-0.05, 0) is 65.4 Å². The van der Waals surface area contributed by atoms with Crippen LogP contribution in [0, 0.1) is 0 Å². The number of nitrogens with one attached hydrogen (secondary N) is 2. The highest BCUT2D eigenvalue weighted by Gasteiger charge is 2.47. The summed E-state index contributed by atoms with van der Waals surface area (Å²) in [5.74, 6) is -1.76. The summed E-state index contributed by atoms with van der Waals surface area (Å²) in [7, 11) is 0. The number of amides is 1. The van der Waals surface area contributed by atoms with Gasteiger partial charge >= 0.3 is 5.69 Å². The number of phenols is 2. The van der Waals surface area contributed by atoms with Gasteiger partial charge in [0.15, 0.2) is 17.3 Å². The summed E-state index contributed by atoms with van der Waals surface area (Å²) in [5, 5.41) is 113. The molecule has 3 fully saturated rings. The number of nitrogens with zero attached hydrogens (tertiary/aromatic N) is 5. The van der Waals surface area contributed by atoms with Gasteiger partial charge in [0, 0.05) is 61.4 Å². The molecule has 1 amide bonds. The number of rotatable bonds is 16. The number of aromatic nitrogens is 5. The van der Waals surface area contributed by atoms with Gasteiger partial charge in [0.2, 0.25) is 12.6 Å². The van der Waals surface area contributed by atoms with Crippen LogP contribution in [0.5, 0.6) is 23.0 Å². The zero-order chi connectivity index (χ0) is 57.8. The zero-order valence-corrected chi connectivity index (χ0v) is 45.2. The van der Waals surface area contributed by atoms with Gasteiger partial charge in [0.25, 0.3) is 5.91 Å². The number of carbonyl (C=O) groups is 1. The summed E-state index contributed by atoms with van der Waals surface area (Å²) in [4.78, 5) is 29.1. The first-order valence-corrected chi connectivity index (χ1v) is 27.1. The van der Waals surface area contributed by atoms with Crippen LogP contribution in [-0.2, 0) is 32.2 Å². The Balaban J connectivity index is 0.848. The smallest absolute Gasteiger partial charge is 0.348 e. The first-order valence-electron chi connectivity index (χ1n) is 27.1. The van der Waals surface area contributed by atoms with Crippen molar-refractivity contribution in [2.24, 2.45) is 0 Å². The van der Waals surface area contributed by atoms with Crippen LogP contribution < -0.4 is 20.5 Å². The van der Waals surface area contributed by atoms with E-state index >= 15 is 0 Å². The van der Waals surface area contributed by atoms with Crippen LogP contribution in [0.4, 0.5) is 0 Å². The number of aliphatic hydroxyl groups excluding tert-OH is 7. The van der Waals surface area contributed by atoms with Crippen LogP contribution >= 0.6 is 0 Å². The lowest BCUT2D eigenvalue weighted by Crippen LogP contribution is -2.60. The Morgan fingerprint density at radius 1 is 0.817 bits per heavy atom. The van der Waals surface area contributed by atoms with E-state index in [2.05, 4.69) is 25.6 Å². The molecule has 0 aliphatic carbocycles. The molecule has 11 rings (SSSR count). The van der Waals surface area contributed by atoms with Crippen LogP contribution in [-0.4, -0.2) is 189 Å². The van der Waals surface area contributed by atoms with Gasteiger partial charge in [0.05, 0.1) is 54.3 Å². The van der Waals surface area contributed by atoms with Crippen LogP contribution in [0.1, 0.15) is 72.3 Å². The molecular weight excluding hydrogens is 1070 g/mol. The van der Waals surface area contributed by atoms with Gasteiger partial charge in [-0.15, -0.1) is 0 Å². The monoisotopic (exact) mass is 1140 g/mol. The minimum atomic E-state index is -1.77. The van der Waals surface area contributed by atoms with Crippen LogP contribution in [0.25, 0.3) is 50.4 Å². The fraction of sp³-hybridized carbons (Fsp3) is 0.439. The SMILES string of the molecule is CCNC(=O)c1noc(-c2cc(C(C)C)c(O[C@@H]3OC(COCn4cc5c6cc(ccc64)-n4c(n[nH]c4=O)-c4cc(c(O[C@@H]6OC(CO)[C@H](O)[C@H](O)[C@H]6O)cc4O)C5C)[C@H](O)[C@H](O)[C@H]3O)cc2O)c1-c1ccc(CN2CCOCC2)cc1. The van der Waals surface area contributed by atoms with Crippen molar-refractivity contribution in [2.75, 3.05) is 46.1 Å². The molecule has 7 aromatic rings. The van der Waals surface area contributed by atoms with E-state index in [4.69, 9.17) is 32.9 Å². The van der Waals surface area contributed by atoms with Gasteiger partial charge in [-0.3, -0.25) is 9.69 Å². The molecule has 4 aliphatic heterocycles. The van der Waals surface area contributed by atoms with Crippen molar-refractivity contribution in [3.63, 3.8) is 0 Å². The number of fused-ring (bicyclic) bond motifs is 6. The normalized spacial score (nSPS) is 25.6. The second-order valence-electron chi connectivity index (χ2n) is 21.3.